The number of piperidine rings is 1. The van der Waals surface area contributed by atoms with Gasteiger partial charge in [0.1, 0.15) is 23.0 Å². The second-order valence-corrected chi connectivity index (χ2v) is 11.0. The van der Waals surface area contributed by atoms with Crippen LogP contribution in [0.5, 0.6) is 11.5 Å². The molecule has 2 aliphatic heterocycles. The summed E-state index contributed by atoms with van der Waals surface area (Å²) in [5, 5.41) is 16.2. The SMILES string of the molecule is COc1cc(C(=O)O)ccc1NC(=O)N1C2CCC1CC(OCc1c(-c3ccccc3OC(F)(F)F)noc1C1CC1)C2. The Kier molecular flexibility index (Phi) is 7.67. The number of hydrogen-bond acceptors (Lipinski definition) is 7. The first-order valence-corrected chi connectivity index (χ1v) is 14.1. The summed E-state index contributed by atoms with van der Waals surface area (Å²) in [6.45, 7) is 0.106. The molecule has 2 aromatic carbocycles. The maximum atomic E-state index is 13.3. The van der Waals surface area contributed by atoms with Crippen molar-refractivity contribution in [2.75, 3.05) is 12.4 Å². The van der Waals surface area contributed by atoms with E-state index in [-0.39, 0.29) is 65.1 Å². The molecule has 0 spiro atoms. The molecule has 10 nitrogen and oxygen atoms in total. The van der Waals surface area contributed by atoms with Crippen molar-refractivity contribution in [2.45, 2.75) is 75.6 Å². The van der Waals surface area contributed by atoms with Crippen molar-refractivity contribution in [3.8, 4) is 22.8 Å². The van der Waals surface area contributed by atoms with Gasteiger partial charge in [-0.05, 0) is 68.9 Å². The number of hydrogen-bond donors (Lipinski definition) is 2. The van der Waals surface area contributed by atoms with E-state index in [0.29, 0.717) is 29.9 Å². The number of rotatable bonds is 9. The molecular formula is C30H30F3N3O7. The second-order valence-electron chi connectivity index (χ2n) is 11.0. The summed E-state index contributed by atoms with van der Waals surface area (Å²) in [4.78, 5) is 26.4. The minimum absolute atomic E-state index is 0.0464. The Labute approximate surface area is 244 Å². The maximum Gasteiger partial charge on any atom is 0.573 e. The van der Waals surface area contributed by atoms with Crippen LogP contribution in [-0.4, -0.2) is 58.8 Å². The van der Waals surface area contributed by atoms with Crippen molar-refractivity contribution < 1.29 is 46.6 Å². The number of aromatic carboxylic acids is 1. The number of aromatic nitrogens is 1. The zero-order valence-electron chi connectivity index (χ0n) is 23.2. The van der Waals surface area contributed by atoms with Crippen LogP contribution in [0.25, 0.3) is 11.3 Å². The number of carboxylic acid groups (broad SMARTS) is 1. The number of carbonyl (C=O) groups is 2. The van der Waals surface area contributed by atoms with Crippen LogP contribution >= 0.6 is 0 Å². The molecule has 228 valence electrons. The van der Waals surface area contributed by atoms with Crippen molar-refractivity contribution in [1.82, 2.24) is 10.1 Å². The van der Waals surface area contributed by atoms with Gasteiger partial charge in [-0.25, -0.2) is 9.59 Å². The van der Waals surface area contributed by atoms with E-state index in [1.54, 1.807) is 6.07 Å². The number of methoxy groups -OCH3 is 1. The molecule has 3 fully saturated rings. The van der Waals surface area contributed by atoms with E-state index in [4.69, 9.17) is 14.0 Å². The van der Waals surface area contributed by atoms with E-state index in [9.17, 15) is 27.9 Å². The van der Waals surface area contributed by atoms with Crippen LogP contribution in [0.3, 0.4) is 0 Å². The fraction of sp³-hybridized carbons (Fsp3) is 0.433. The summed E-state index contributed by atoms with van der Waals surface area (Å²) >= 11 is 0. The highest BCUT2D eigenvalue weighted by atomic mass is 19.4. The second kappa shape index (κ2) is 11.4. The van der Waals surface area contributed by atoms with E-state index in [0.717, 1.165) is 25.7 Å². The number of carboxylic acids is 1. The lowest BCUT2D eigenvalue weighted by Crippen LogP contribution is -2.50. The molecule has 2 N–H and O–H groups in total. The summed E-state index contributed by atoms with van der Waals surface area (Å²) < 4.78 is 60.8. The number of benzene rings is 2. The third kappa shape index (κ3) is 6.12. The zero-order chi connectivity index (χ0) is 30.3. The smallest absolute Gasteiger partial charge is 0.495 e. The van der Waals surface area contributed by atoms with Gasteiger partial charge >= 0.3 is 18.4 Å². The summed E-state index contributed by atoms with van der Waals surface area (Å²) in [6, 6.07) is 9.65. The molecule has 2 unspecified atom stereocenters. The number of urea groups is 1. The Morgan fingerprint density at radius 2 is 1.79 bits per heavy atom. The number of halogens is 3. The van der Waals surface area contributed by atoms with Gasteiger partial charge in [0.25, 0.3) is 0 Å². The van der Waals surface area contributed by atoms with Gasteiger partial charge in [0, 0.05) is 29.1 Å². The highest BCUT2D eigenvalue weighted by Gasteiger charge is 2.44. The van der Waals surface area contributed by atoms with Gasteiger partial charge in [-0.15, -0.1) is 13.2 Å². The van der Waals surface area contributed by atoms with Gasteiger partial charge < -0.3 is 34.1 Å². The standard InChI is InChI=1S/C30H30F3N3O7/c1-40-25-12-17(28(37)38)8-11-23(25)34-29(39)36-18-9-10-19(36)14-20(13-18)41-15-22-26(35-43-27(22)16-6-7-16)21-4-2-3-5-24(21)42-30(31,32)33/h2-5,8,11-12,16,18-20H,6-7,9-10,13-15H2,1H3,(H,34,39)(H,37,38). The van der Waals surface area contributed by atoms with E-state index >= 15 is 0 Å². The van der Waals surface area contributed by atoms with E-state index in [1.807, 2.05) is 4.90 Å². The summed E-state index contributed by atoms with van der Waals surface area (Å²) in [6.07, 6.45) is -0.432. The number of nitrogens with zero attached hydrogens (tertiary/aromatic N) is 2. The summed E-state index contributed by atoms with van der Waals surface area (Å²) in [5.41, 5.74) is 1.48. The molecule has 3 aromatic rings. The first-order valence-electron chi connectivity index (χ1n) is 14.1. The largest absolute Gasteiger partial charge is 0.573 e. The normalized spacial score (nSPS) is 21.5. The van der Waals surface area contributed by atoms with Crippen molar-refractivity contribution >= 4 is 17.7 Å². The molecule has 1 aliphatic carbocycles. The number of anilines is 1. The zero-order valence-corrected chi connectivity index (χ0v) is 23.2. The lowest BCUT2D eigenvalue weighted by Gasteiger charge is -2.38. The van der Waals surface area contributed by atoms with Crippen LogP contribution in [0.1, 0.15) is 66.1 Å². The topological polar surface area (TPSA) is 123 Å². The molecule has 1 aromatic heterocycles. The molecule has 3 aliphatic rings. The Bertz CT molecular complexity index is 1510. The Morgan fingerprint density at radius 1 is 1.07 bits per heavy atom. The first-order chi connectivity index (χ1) is 20.6. The molecule has 13 heteroatoms. The van der Waals surface area contributed by atoms with Gasteiger partial charge in [-0.1, -0.05) is 17.3 Å². The molecule has 2 bridgehead atoms. The Hall–Kier alpha value is -4.26. The predicted octanol–water partition coefficient (Wildman–Crippen LogP) is 6.57. The average molecular weight is 602 g/mol. The lowest BCUT2D eigenvalue weighted by atomic mass is 9.99. The molecular weight excluding hydrogens is 571 g/mol. The molecule has 6 rings (SSSR count). The number of alkyl halides is 3. The van der Waals surface area contributed by atoms with Crippen molar-refractivity contribution in [1.29, 1.82) is 0 Å². The molecule has 2 saturated heterocycles. The third-order valence-corrected chi connectivity index (χ3v) is 8.21. The minimum Gasteiger partial charge on any atom is -0.495 e. The fourth-order valence-corrected chi connectivity index (χ4v) is 6.12. The van der Waals surface area contributed by atoms with Crippen molar-refractivity contribution in [2.24, 2.45) is 0 Å². The van der Waals surface area contributed by atoms with Crippen LogP contribution in [-0.2, 0) is 11.3 Å². The van der Waals surface area contributed by atoms with Gasteiger partial charge in [-0.3, -0.25) is 0 Å². The van der Waals surface area contributed by atoms with Crippen LogP contribution in [0.15, 0.2) is 47.0 Å². The molecule has 1 saturated carbocycles. The number of carbonyl (C=O) groups excluding carboxylic acids is 1. The number of ether oxygens (including phenoxy) is 3. The minimum atomic E-state index is -4.86. The highest BCUT2D eigenvalue weighted by Crippen LogP contribution is 2.46. The monoisotopic (exact) mass is 601 g/mol. The van der Waals surface area contributed by atoms with Crippen LogP contribution < -0.4 is 14.8 Å². The van der Waals surface area contributed by atoms with E-state index in [2.05, 4.69) is 15.2 Å². The first kappa shape index (κ1) is 28.8. The van der Waals surface area contributed by atoms with E-state index in [1.165, 1.54) is 43.5 Å². The van der Waals surface area contributed by atoms with Crippen molar-refractivity contribution in [3.63, 3.8) is 0 Å². The Morgan fingerprint density at radius 3 is 2.44 bits per heavy atom. The fourth-order valence-electron chi connectivity index (χ4n) is 6.12. The number of fused-ring (bicyclic) bond motifs is 2. The number of para-hydroxylation sites is 1. The summed E-state index contributed by atoms with van der Waals surface area (Å²) in [5.74, 6) is -0.438. The van der Waals surface area contributed by atoms with Gasteiger partial charge in [0.05, 0.1) is 31.1 Å². The predicted molar refractivity (Wildman–Crippen MR) is 146 cm³/mol. The molecule has 3 heterocycles. The Balaban J connectivity index is 1.15. The molecule has 0 radical (unpaired) electrons. The average Bonchev–Trinajstić information content (AvgIpc) is 3.66. The van der Waals surface area contributed by atoms with Crippen LogP contribution in [0.4, 0.5) is 23.7 Å². The molecule has 43 heavy (non-hydrogen) atoms. The van der Waals surface area contributed by atoms with Crippen LogP contribution in [0.2, 0.25) is 0 Å². The van der Waals surface area contributed by atoms with Gasteiger partial charge in [0.2, 0.25) is 0 Å². The van der Waals surface area contributed by atoms with Crippen molar-refractivity contribution in [3.05, 3.63) is 59.4 Å². The number of amides is 2. The highest BCUT2D eigenvalue weighted by molar-refractivity contribution is 5.94. The third-order valence-electron chi connectivity index (χ3n) is 8.21. The molecule has 2 atom stereocenters. The lowest BCUT2D eigenvalue weighted by molar-refractivity contribution is -0.274. The van der Waals surface area contributed by atoms with Gasteiger partial charge in [-0.2, -0.15) is 0 Å². The number of nitrogens with one attached hydrogen (secondary N) is 1. The maximum absolute atomic E-state index is 13.3. The quantitative estimate of drug-likeness (QED) is 0.282. The van der Waals surface area contributed by atoms with Crippen LogP contribution in [0, 0.1) is 0 Å². The van der Waals surface area contributed by atoms with Gasteiger partial charge in [0.15, 0.2) is 0 Å². The summed E-state index contributed by atoms with van der Waals surface area (Å²) in [7, 11) is 1.40. The molecule has 2 amide bonds. The van der Waals surface area contributed by atoms with E-state index < -0.39 is 12.3 Å².